The second kappa shape index (κ2) is 5.36. The van der Waals surface area contributed by atoms with Crippen LogP contribution in [-0.4, -0.2) is 35.9 Å². The van der Waals surface area contributed by atoms with E-state index in [2.05, 4.69) is 10.6 Å². The summed E-state index contributed by atoms with van der Waals surface area (Å²) in [5.41, 5.74) is 0. The molecule has 1 radical (unpaired) electrons. The van der Waals surface area contributed by atoms with E-state index in [1.165, 1.54) is 0 Å². The van der Waals surface area contributed by atoms with Gasteiger partial charge in [0.2, 0.25) is 12.2 Å². The Morgan fingerprint density at radius 2 is 2.36 bits per heavy atom. The van der Waals surface area contributed by atoms with Crippen molar-refractivity contribution >= 4 is 24.0 Å². The Labute approximate surface area is 88.2 Å². The lowest BCUT2D eigenvalue weighted by molar-refractivity contribution is -0.122. The number of carbonyl (C=O) groups excluding carboxylic acids is 2. The number of amides is 1. The maximum Gasteiger partial charge on any atom is 0.238 e. The van der Waals surface area contributed by atoms with Crippen LogP contribution in [0.1, 0.15) is 13.8 Å². The highest BCUT2D eigenvalue weighted by Gasteiger charge is 2.25. The standard InChI is InChI=1S/C9H15N2O2S/c1-6(2)7(3-12)11-9(13)8-4-14-5-10-8/h6-8,10H,4-5H2,1-2H3,(H,11,13)/t7-,8?/m1/s1. The average Bonchev–Trinajstić information content (AvgIpc) is 2.65. The summed E-state index contributed by atoms with van der Waals surface area (Å²) in [6, 6.07) is -0.649. The van der Waals surface area contributed by atoms with E-state index in [1.54, 1.807) is 11.8 Å². The molecule has 1 amide bonds. The van der Waals surface area contributed by atoms with Crippen LogP contribution in [0.15, 0.2) is 0 Å². The highest BCUT2D eigenvalue weighted by molar-refractivity contribution is 7.99. The van der Waals surface area contributed by atoms with E-state index in [-0.39, 0.29) is 17.9 Å². The quantitative estimate of drug-likeness (QED) is 0.687. The molecule has 4 nitrogen and oxygen atoms in total. The topological polar surface area (TPSA) is 58.2 Å². The van der Waals surface area contributed by atoms with Crippen molar-refractivity contribution in [3.05, 3.63) is 0 Å². The van der Waals surface area contributed by atoms with Crippen molar-refractivity contribution in [2.75, 3.05) is 11.6 Å². The number of carbonyl (C=O) groups is 1. The zero-order valence-corrected chi connectivity index (χ0v) is 9.19. The molecular weight excluding hydrogens is 200 g/mol. The van der Waals surface area contributed by atoms with Crippen LogP contribution in [-0.2, 0) is 9.59 Å². The lowest BCUT2D eigenvalue weighted by Crippen LogP contribution is -2.48. The van der Waals surface area contributed by atoms with Gasteiger partial charge >= 0.3 is 0 Å². The van der Waals surface area contributed by atoms with Crippen molar-refractivity contribution in [3.63, 3.8) is 0 Å². The van der Waals surface area contributed by atoms with Gasteiger partial charge in [0.15, 0.2) is 0 Å². The van der Waals surface area contributed by atoms with E-state index in [0.29, 0.717) is 0 Å². The minimum atomic E-state index is -0.491. The second-order valence-corrected chi connectivity index (χ2v) is 4.65. The summed E-state index contributed by atoms with van der Waals surface area (Å²) in [5.74, 6) is 1.56. The Hall–Kier alpha value is -0.550. The lowest BCUT2D eigenvalue weighted by atomic mass is 10.1. The monoisotopic (exact) mass is 215 g/mol. The van der Waals surface area contributed by atoms with Crippen molar-refractivity contribution in [1.29, 1.82) is 0 Å². The fraction of sp³-hybridized carbons (Fsp3) is 0.778. The van der Waals surface area contributed by atoms with Crippen molar-refractivity contribution in [1.82, 2.24) is 10.6 Å². The molecule has 1 unspecified atom stereocenters. The smallest absolute Gasteiger partial charge is 0.238 e. The summed E-state index contributed by atoms with van der Waals surface area (Å²) >= 11 is 1.68. The molecule has 79 valence electrons. The molecule has 5 heteroatoms. The maximum absolute atomic E-state index is 11.6. The Kier molecular flexibility index (Phi) is 4.41. The zero-order chi connectivity index (χ0) is 10.6. The highest BCUT2D eigenvalue weighted by Crippen LogP contribution is 2.10. The van der Waals surface area contributed by atoms with Crippen LogP contribution in [0.25, 0.3) is 0 Å². The third-order valence-corrected chi connectivity index (χ3v) is 3.06. The Balaban J connectivity index is 2.41. The first-order valence-corrected chi connectivity index (χ1v) is 5.79. The van der Waals surface area contributed by atoms with Crippen LogP contribution in [0.3, 0.4) is 0 Å². The van der Waals surface area contributed by atoms with E-state index >= 15 is 0 Å². The molecule has 14 heavy (non-hydrogen) atoms. The van der Waals surface area contributed by atoms with Crippen LogP contribution in [0.5, 0.6) is 0 Å². The highest BCUT2D eigenvalue weighted by atomic mass is 32.2. The first kappa shape index (κ1) is 11.5. The predicted molar refractivity (Wildman–Crippen MR) is 56.7 cm³/mol. The first-order valence-electron chi connectivity index (χ1n) is 4.64. The molecule has 1 rings (SSSR count). The molecule has 1 saturated heterocycles. The molecule has 0 saturated carbocycles. The molecule has 1 fully saturated rings. The van der Waals surface area contributed by atoms with E-state index in [9.17, 15) is 9.59 Å². The van der Waals surface area contributed by atoms with Gasteiger partial charge < -0.3 is 5.32 Å². The van der Waals surface area contributed by atoms with Gasteiger partial charge in [-0.25, -0.2) is 0 Å². The molecule has 2 N–H and O–H groups in total. The van der Waals surface area contributed by atoms with Crippen LogP contribution in [0.4, 0.5) is 0 Å². The normalized spacial score (nSPS) is 23.5. The van der Waals surface area contributed by atoms with Crippen molar-refractivity contribution < 1.29 is 9.59 Å². The Morgan fingerprint density at radius 1 is 1.64 bits per heavy atom. The van der Waals surface area contributed by atoms with Gasteiger partial charge in [-0.3, -0.25) is 14.9 Å². The summed E-state index contributed by atoms with van der Waals surface area (Å²) in [5, 5.41) is 5.72. The average molecular weight is 215 g/mol. The number of hydrogen-bond donors (Lipinski definition) is 2. The molecule has 1 aliphatic rings. The van der Waals surface area contributed by atoms with Crippen molar-refractivity contribution in [3.8, 4) is 0 Å². The van der Waals surface area contributed by atoms with Crippen molar-refractivity contribution in [2.24, 2.45) is 5.92 Å². The van der Waals surface area contributed by atoms with Gasteiger partial charge in [0.1, 0.15) is 0 Å². The largest absolute Gasteiger partial charge is 0.344 e. The van der Waals surface area contributed by atoms with Gasteiger partial charge in [-0.1, -0.05) is 13.8 Å². The van der Waals surface area contributed by atoms with Gasteiger partial charge in [0.25, 0.3) is 0 Å². The molecule has 1 heterocycles. The molecule has 0 aromatic rings. The zero-order valence-electron chi connectivity index (χ0n) is 8.37. The number of thioether (sulfide) groups is 1. The number of nitrogens with one attached hydrogen (secondary N) is 2. The summed E-state index contributed by atoms with van der Waals surface area (Å²) in [6.07, 6.45) is 1.84. The Bertz CT molecular complexity index is 215. The molecular formula is C9H15N2O2S. The first-order chi connectivity index (χ1) is 6.65. The van der Waals surface area contributed by atoms with E-state index in [0.717, 1.165) is 11.6 Å². The fourth-order valence-corrected chi connectivity index (χ4v) is 2.09. The van der Waals surface area contributed by atoms with Gasteiger partial charge in [0.05, 0.1) is 12.1 Å². The summed E-state index contributed by atoms with van der Waals surface area (Å²) < 4.78 is 0. The second-order valence-electron chi connectivity index (χ2n) is 3.62. The molecule has 2 atom stereocenters. The maximum atomic E-state index is 11.6. The van der Waals surface area contributed by atoms with Crippen molar-refractivity contribution in [2.45, 2.75) is 25.9 Å². The predicted octanol–water partition coefficient (Wildman–Crippen LogP) is -0.101. The molecule has 0 bridgehead atoms. The molecule has 0 spiro atoms. The third-order valence-electron chi connectivity index (χ3n) is 2.12. The van der Waals surface area contributed by atoms with Crippen LogP contribution >= 0.6 is 11.8 Å². The lowest BCUT2D eigenvalue weighted by Gasteiger charge is -2.17. The van der Waals surface area contributed by atoms with Gasteiger partial charge in [-0.15, -0.1) is 11.8 Å². The summed E-state index contributed by atoms with van der Waals surface area (Å²) in [7, 11) is 0. The summed E-state index contributed by atoms with van der Waals surface area (Å²) in [6.45, 7) is 3.76. The van der Waals surface area contributed by atoms with Gasteiger partial charge in [-0.05, 0) is 5.92 Å². The summed E-state index contributed by atoms with van der Waals surface area (Å²) in [4.78, 5) is 22.1. The van der Waals surface area contributed by atoms with Gasteiger partial charge in [-0.2, -0.15) is 0 Å². The minimum absolute atomic E-state index is 0.0884. The molecule has 1 aliphatic heterocycles. The molecule has 0 aromatic heterocycles. The number of rotatable bonds is 4. The van der Waals surface area contributed by atoms with Crippen LogP contribution in [0.2, 0.25) is 0 Å². The van der Waals surface area contributed by atoms with Gasteiger partial charge in [0, 0.05) is 11.6 Å². The van der Waals surface area contributed by atoms with E-state index in [1.807, 2.05) is 20.1 Å². The molecule has 0 aliphatic carbocycles. The van der Waals surface area contributed by atoms with E-state index in [4.69, 9.17) is 0 Å². The number of hydrogen-bond acceptors (Lipinski definition) is 4. The van der Waals surface area contributed by atoms with Crippen LogP contribution < -0.4 is 10.6 Å². The fourth-order valence-electron chi connectivity index (χ4n) is 1.15. The van der Waals surface area contributed by atoms with Crippen LogP contribution in [0, 0.1) is 5.92 Å². The SMILES string of the molecule is CC(C)[C@@H]([C]=O)NC(=O)C1CSCN1. The molecule has 0 aromatic carbocycles. The minimum Gasteiger partial charge on any atom is -0.344 e. The Morgan fingerprint density at radius 3 is 2.79 bits per heavy atom. The van der Waals surface area contributed by atoms with E-state index < -0.39 is 6.04 Å². The third kappa shape index (κ3) is 2.99.